The standard InChI is InChI=1S/C23H24Cl2FN3O4/c24-17-7-10-20(19(25)13-17)33-12-2-4-21(30)27-28-22(31)16-3-1-11-29(14-16)23(32)15-5-8-18(26)9-6-15/h5-10,13,16H,1-4,11-12,14H2,(H,27,30)(H,28,31). The molecular formula is C23H24Cl2FN3O4. The predicted octanol–water partition coefficient (Wildman–Crippen LogP) is 3.99. The zero-order valence-electron chi connectivity index (χ0n) is 17.8. The second-order valence-corrected chi connectivity index (χ2v) is 8.51. The molecule has 3 rings (SSSR count). The first-order valence-electron chi connectivity index (χ1n) is 10.5. The minimum Gasteiger partial charge on any atom is -0.492 e. The van der Waals surface area contributed by atoms with Gasteiger partial charge in [0, 0.05) is 30.1 Å². The molecule has 1 fully saturated rings. The highest BCUT2D eigenvalue weighted by Crippen LogP contribution is 2.27. The molecule has 1 aliphatic rings. The van der Waals surface area contributed by atoms with Crippen LogP contribution >= 0.6 is 23.2 Å². The van der Waals surface area contributed by atoms with E-state index in [0.717, 1.165) is 0 Å². The first-order chi connectivity index (χ1) is 15.8. The van der Waals surface area contributed by atoms with Crippen LogP contribution < -0.4 is 15.6 Å². The van der Waals surface area contributed by atoms with E-state index < -0.39 is 11.7 Å². The minimum absolute atomic E-state index is 0.144. The van der Waals surface area contributed by atoms with Gasteiger partial charge in [0.2, 0.25) is 11.8 Å². The van der Waals surface area contributed by atoms with Gasteiger partial charge in [-0.2, -0.15) is 0 Å². The number of halogens is 3. The molecule has 1 unspecified atom stereocenters. The van der Waals surface area contributed by atoms with Gasteiger partial charge in [0.15, 0.2) is 0 Å². The fourth-order valence-electron chi connectivity index (χ4n) is 3.45. The molecule has 1 atom stereocenters. The van der Waals surface area contributed by atoms with E-state index in [9.17, 15) is 18.8 Å². The number of ether oxygens (including phenoxy) is 1. The van der Waals surface area contributed by atoms with Crippen molar-refractivity contribution in [3.05, 3.63) is 63.9 Å². The Morgan fingerprint density at radius 1 is 1.09 bits per heavy atom. The van der Waals surface area contributed by atoms with Gasteiger partial charge in [-0.05, 0) is 61.7 Å². The van der Waals surface area contributed by atoms with Crippen molar-refractivity contribution in [2.75, 3.05) is 19.7 Å². The number of amides is 3. The first kappa shape index (κ1) is 24.8. The molecule has 0 radical (unpaired) electrons. The van der Waals surface area contributed by atoms with Gasteiger partial charge in [-0.25, -0.2) is 4.39 Å². The summed E-state index contributed by atoms with van der Waals surface area (Å²) in [6, 6.07) is 10.2. The summed E-state index contributed by atoms with van der Waals surface area (Å²) >= 11 is 11.9. The van der Waals surface area contributed by atoms with Crippen LogP contribution in [0.4, 0.5) is 4.39 Å². The number of nitrogens with one attached hydrogen (secondary N) is 2. The van der Waals surface area contributed by atoms with Crippen molar-refractivity contribution < 1.29 is 23.5 Å². The van der Waals surface area contributed by atoms with E-state index in [1.54, 1.807) is 23.1 Å². The van der Waals surface area contributed by atoms with Crippen molar-refractivity contribution in [3.8, 4) is 5.75 Å². The molecule has 1 aliphatic heterocycles. The maximum absolute atomic E-state index is 13.1. The average molecular weight is 496 g/mol. The molecule has 2 aromatic rings. The fourth-order valence-corrected chi connectivity index (χ4v) is 3.92. The van der Waals surface area contributed by atoms with Crippen molar-refractivity contribution in [1.29, 1.82) is 0 Å². The Morgan fingerprint density at radius 3 is 2.58 bits per heavy atom. The van der Waals surface area contributed by atoms with E-state index in [4.69, 9.17) is 27.9 Å². The van der Waals surface area contributed by atoms with Gasteiger partial charge in [-0.15, -0.1) is 0 Å². The summed E-state index contributed by atoms with van der Waals surface area (Å²) in [5.74, 6) is -1.35. The molecule has 2 aromatic carbocycles. The third kappa shape index (κ3) is 7.33. The van der Waals surface area contributed by atoms with Crippen LogP contribution in [0.3, 0.4) is 0 Å². The Labute approximate surface area is 201 Å². The maximum Gasteiger partial charge on any atom is 0.253 e. The normalized spacial score (nSPS) is 15.6. The number of hydrazine groups is 1. The fraction of sp³-hybridized carbons (Fsp3) is 0.348. The summed E-state index contributed by atoms with van der Waals surface area (Å²) in [6.07, 6.45) is 1.82. The summed E-state index contributed by atoms with van der Waals surface area (Å²) in [6.45, 7) is 1.02. The molecule has 1 heterocycles. The molecule has 176 valence electrons. The molecule has 10 heteroatoms. The second kappa shape index (κ2) is 11.9. The van der Waals surface area contributed by atoms with Gasteiger partial charge in [-0.1, -0.05) is 23.2 Å². The van der Waals surface area contributed by atoms with Gasteiger partial charge < -0.3 is 9.64 Å². The monoisotopic (exact) mass is 495 g/mol. The first-order valence-corrected chi connectivity index (χ1v) is 11.3. The van der Waals surface area contributed by atoms with E-state index in [1.807, 2.05) is 0 Å². The van der Waals surface area contributed by atoms with Crippen molar-refractivity contribution in [3.63, 3.8) is 0 Å². The largest absolute Gasteiger partial charge is 0.492 e. The number of carbonyl (C=O) groups is 3. The Balaban J connectivity index is 1.38. The average Bonchev–Trinajstić information content (AvgIpc) is 2.81. The summed E-state index contributed by atoms with van der Waals surface area (Å²) in [5.41, 5.74) is 5.20. The summed E-state index contributed by atoms with van der Waals surface area (Å²) in [4.78, 5) is 38.7. The highest BCUT2D eigenvalue weighted by atomic mass is 35.5. The third-order valence-corrected chi connectivity index (χ3v) is 5.73. The van der Waals surface area contributed by atoms with E-state index >= 15 is 0 Å². The van der Waals surface area contributed by atoms with Crippen LogP contribution in [0.2, 0.25) is 10.0 Å². The molecule has 3 amide bonds. The third-order valence-electron chi connectivity index (χ3n) is 5.20. The SMILES string of the molecule is O=C(CCCOc1ccc(Cl)cc1Cl)NNC(=O)C1CCCN(C(=O)c2ccc(F)cc2)C1. The van der Waals surface area contributed by atoms with E-state index in [-0.39, 0.29) is 37.3 Å². The lowest BCUT2D eigenvalue weighted by atomic mass is 9.96. The Kier molecular flexibility index (Phi) is 8.91. The van der Waals surface area contributed by atoms with Crippen molar-refractivity contribution in [2.24, 2.45) is 5.92 Å². The lowest BCUT2D eigenvalue weighted by molar-refractivity contribution is -0.132. The molecule has 0 aliphatic carbocycles. The van der Waals surface area contributed by atoms with Crippen LogP contribution in [0, 0.1) is 11.7 Å². The topological polar surface area (TPSA) is 87.7 Å². The molecule has 7 nitrogen and oxygen atoms in total. The number of hydrogen-bond acceptors (Lipinski definition) is 4. The molecular weight excluding hydrogens is 472 g/mol. The molecule has 33 heavy (non-hydrogen) atoms. The molecule has 0 spiro atoms. The van der Waals surface area contributed by atoms with Crippen molar-refractivity contribution in [2.45, 2.75) is 25.7 Å². The van der Waals surface area contributed by atoms with Gasteiger partial charge >= 0.3 is 0 Å². The zero-order chi connectivity index (χ0) is 23.8. The number of piperidine rings is 1. The minimum atomic E-state index is -0.446. The molecule has 0 bridgehead atoms. The highest BCUT2D eigenvalue weighted by Gasteiger charge is 2.29. The highest BCUT2D eigenvalue weighted by molar-refractivity contribution is 6.35. The summed E-state index contributed by atoms with van der Waals surface area (Å²) in [7, 11) is 0. The smallest absolute Gasteiger partial charge is 0.253 e. The summed E-state index contributed by atoms with van der Waals surface area (Å²) in [5, 5.41) is 0.891. The predicted molar refractivity (Wildman–Crippen MR) is 123 cm³/mol. The van der Waals surface area contributed by atoms with E-state index in [1.165, 1.54) is 24.3 Å². The van der Waals surface area contributed by atoms with Crippen LogP contribution in [0.5, 0.6) is 5.75 Å². The molecule has 2 N–H and O–H groups in total. The van der Waals surface area contributed by atoms with E-state index in [0.29, 0.717) is 47.2 Å². The Bertz CT molecular complexity index is 1000. The van der Waals surface area contributed by atoms with Crippen LogP contribution in [0.15, 0.2) is 42.5 Å². The molecule has 0 aromatic heterocycles. The molecule has 1 saturated heterocycles. The van der Waals surface area contributed by atoms with Gasteiger partial charge in [0.1, 0.15) is 11.6 Å². The van der Waals surface area contributed by atoms with Gasteiger partial charge in [0.05, 0.1) is 17.5 Å². The molecule has 0 saturated carbocycles. The number of benzene rings is 2. The number of rotatable bonds is 7. The zero-order valence-corrected chi connectivity index (χ0v) is 19.3. The van der Waals surface area contributed by atoms with Crippen LogP contribution in [-0.4, -0.2) is 42.3 Å². The van der Waals surface area contributed by atoms with Crippen LogP contribution in [-0.2, 0) is 9.59 Å². The number of nitrogens with zero attached hydrogens (tertiary/aromatic N) is 1. The van der Waals surface area contributed by atoms with Gasteiger partial charge in [0.25, 0.3) is 5.91 Å². The number of hydrogen-bond donors (Lipinski definition) is 2. The number of carbonyl (C=O) groups excluding carboxylic acids is 3. The van der Waals surface area contributed by atoms with Crippen LogP contribution in [0.25, 0.3) is 0 Å². The summed E-state index contributed by atoms with van der Waals surface area (Å²) < 4.78 is 18.6. The lowest BCUT2D eigenvalue weighted by Crippen LogP contribution is -2.50. The van der Waals surface area contributed by atoms with Crippen LogP contribution in [0.1, 0.15) is 36.0 Å². The Morgan fingerprint density at radius 2 is 1.85 bits per heavy atom. The van der Waals surface area contributed by atoms with Gasteiger partial charge in [-0.3, -0.25) is 25.2 Å². The van der Waals surface area contributed by atoms with Crippen molar-refractivity contribution >= 4 is 40.9 Å². The second-order valence-electron chi connectivity index (χ2n) is 7.66. The number of likely N-dealkylation sites (tertiary alicyclic amines) is 1. The quantitative estimate of drug-likeness (QED) is 0.448. The van der Waals surface area contributed by atoms with E-state index in [2.05, 4.69) is 10.9 Å². The Hall–Kier alpha value is -2.84. The maximum atomic E-state index is 13.1. The lowest BCUT2D eigenvalue weighted by Gasteiger charge is -2.32. The van der Waals surface area contributed by atoms with Crippen molar-refractivity contribution in [1.82, 2.24) is 15.8 Å².